The normalized spacial score (nSPS) is 16.1. The molecule has 0 spiro atoms. The molecule has 0 radical (unpaired) electrons. The largest absolute Gasteiger partial charge is 0.497 e. The van der Waals surface area contributed by atoms with Crippen molar-refractivity contribution in [1.29, 1.82) is 0 Å². The van der Waals surface area contributed by atoms with E-state index in [1.807, 2.05) is 84.9 Å². The Hall–Kier alpha value is -5.06. The van der Waals surface area contributed by atoms with Crippen LogP contribution in [0.4, 0.5) is 0 Å². The fourth-order valence-electron chi connectivity index (χ4n) is 5.80. The Labute approximate surface area is 286 Å². The van der Waals surface area contributed by atoms with Crippen molar-refractivity contribution in [1.82, 2.24) is 0 Å². The highest BCUT2D eigenvalue weighted by molar-refractivity contribution is 5.70. The first-order valence-corrected chi connectivity index (χ1v) is 16.1. The highest BCUT2D eigenvalue weighted by Gasteiger charge is 2.25. The molecule has 0 bridgehead atoms. The van der Waals surface area contributed by atoms with Crippen LogP contribution < -0.4 is 18.9 Å². The van der Waals surface area contributed by atoms with Crippen molar-refractivity contribution in [3.63, 3.8) is 0 Å². The van der Waals surface area contributed by atoms with Crippen LogP contribution in [0.3, 0.4) is 0 Å². The molecule has 49 heavy (non-hydrogen) atoms. The maximum atomic E-state index is 11.6. The minimum Gasteiger partial charge on any atom is -0.497 e. The summed E-state index contributed by atoms with van der Waals surface area (Å²) in [5.74, 6) is 2.09. The van der Waals surface area contributed by atoms with E-state index in [0.717, 1.165) is 56.4 Å². The Balaban J connectivity index is 0.000000191. The van der Waals surface area contributed by atoms with Gasteiger partial charge < -0.3 is 38.3 Å². The number of fused-ring (bicyclic) bond motifs is 2. The predicted molar refractivity (Wildman–Crippen MR) is 181 cm³/mol. The number of hydrogen-bond donors (Lipinski definition) is 1. The molecular formula is C39H42O10. The van der Waals surface area contributed by atoms with Gasteiger partial charge in [-0.3, -0.25) is 9.59 Å². The number of hydrogen-bond acceptors (Lipinski definition) is 9. The molecule has 2 heterocycles. The van der Waals surface area contributed by atoms with Crippen LogP contribution in [0.2, 0.25) is 0 Å². The molecule has 0 amide bonds. The number of rotatable bonds is 12. The lowest BCUT2D eigenvalue weighted by atomic mass is 9.90. The fourth-order valence-corrected chi connectivity index (χ4v) is 5.80. The van der Waals surface area contributed by atoms with Crippen LogP contribution in [-0.4, -0.2) is 51.6 Å². The lowest BCUT2D eigenvalue weighted by molar-refractivity contribution is -0.141. The van der Waals surface area contributed by atoms with E-state index in [1.54, 1.807) is 14.2 Å². The topological polar surface area (TPSA) is 119 Å². The van der Waals surface area contributed by atoms with E-state index in [-0.39, 0.29) is 24.2 Å². The minimum atomic E-state index is -0.809. The van der Waals surface area contributed by atoms with Gasteiger partial charge in [-0.1, -0.05) is 36.4 Å². The summed E-state index contributed by atoms with van der Waals surface area (Å²) in [5, 5.41) is 9.00. The summed E-state index contributed by atoms with van der Waals surface area (Å²) >= 11 is 0. The van der Waals surface area contributed by atoms with Gasteiger partial charge in [0.1, 0.15) is 36.2 Å². The van der Waals surface area contributed by atoms with Crippen LogP contribution in [0.1, 0.15) is 58.1 Å². The Bertz CT molecular complexity index is 1680. The maximum Gasteiger partial charge on any atom is 0.306 e. The second-order valence-corrected chi connectivity index (χ2v) is 11.8. The van der Waals surface area contributed by atoms with Crippen LogP contribution in [0.15, 0.2) is 84.9 Å². The molecule has 4 aromatic carbocycles. The van der Waals surface area contributed by atoms with Crippen LogP contribution in [0, 0.1) is 0 Å². The summed E-state index contributed by atoms with van der Waals surface area (Å²) in [5.41, 5.74) is 6.35. The fraction of sp³-hybridized carbons (Fsp3) is 0.333. The maximum absolute atomic E-state index is 11.6. The zero-order valence-corrected chi connectivity index (χ0v) is 28.0. The van der Waals surface area contributed by atoms with Gasteiger partial charge in [-0.15, -0.1) is 0 Å². The van der Waals surface area contributed by atoms with Crippen LogP contribution in [0.25, 0.3) is 0 Å². The zero-order chi connectivity index (χ0) is 34.6. The predicted octanol–water partition coefficient (Wildman–Crippen LogP) is 6.81. The van der Waals surface area contributed by atoms with Gasteiger partial charge in [-0.25, -0.2) is 0 Å². The van der Waals surface area contributed by atoms with E-state index in [1.165, 1.54) is 7.11 Å². The first-order chi connectivity index (χ1) is 23.8. The van der Waals surface area contributed by atoms with Crippen molar-refractivity contribution in [2.45, 2.75) is 51.1 Å². The highest BCUT2D eigenvalue weighted by atomic mass is 16.5. The van der Waals surface area contributed by atoms with Crippen molar-refractivity contribution in [3.05, 3.63) is 118 Å². The monoisotopic (exact) mass is 670 g/mol. The number of carboxylic acids is 1. The molecule has 258 valence electrons. The third-order valence-electron chi connectivity index (χ3n) is 8.45. The van der Waals surface area contributed by atoms with Crippen LogP contribution in [0.5, 0.6) is 23.0 Å². The zero-order valence-electron chi connectivity index (χ0n) is 28.0. The molecule has 0 saturated carbocycles. The number of carbonyl (C=O) groups excluding carboxylic acids is 1. The molecule has 2 atom stereocenters. The van der Waals surface area contributed by atoms with Gasteiger partial charge in [-0.2, -0.15) is 0 Å². The minimum absolute atomic E-state index is 0.0341. The molecule has 1 N–H and O–H groups in total. The SMILES string of the molecule is COC(=O)CC1COCc2cc(OCc3ccc(OC)cc3)ccc21.COc1ccc(COc2ccc3c(c2)COCC3CC(=O)O)cc1. The molecule has 0 aliphatic carbocycles. The third-order valence-corrected chi connectivity index (χ3v) is 8.45. The van der Waals surface area contributed by atoms with E-state index in [0.29, 0.717) is 46.1 Å². The van der Waals surface area contributed by atoms with Gasteiger partial charge in [0, 0.05) is 11.8 Å². The summed E-state index contributed by atoms with van der Waals surface area (Å²) < 4.78 is 37.9. The average Bonchev–Trinajstić information content (AvgIpc) is 3.13. The highest BCUT2D eigenvalue weighted by Crippen LogP contribution is 2.33. The quantitative estimate of drug-likeness (QED) is 0.161. The lowest BCUT2D eigenvalue weighted by Gasteiger charge is -2.25. The van der Waals surface area contributed by atoms with Crippen LogP contribution >= 0.6 is 0 Å². The van der Waals surface area contributed by atoms with Gasteiger partial charge in [0.25, 0.3) is 0 Å². The molecule has 2 unspecified atom stereocenters. The van der Waals surface area contributed by atoms with E-state index < -0.39 is 5.97 Å². The number of benzene rings is 4. The van der Waals surface area contributed by atoms with E-state index in [2.05, 4.69) is 0 Å². The molecule has 4 aromatic rings. The molecule has 10 nitrogen and oxygen atoms in total. The summed E-state index contributed by atoms with van der Waals surface area (Å²) in [7, 11) is 4.69. The smallest absolute Gasteiger partial charge is 0.306 e. The molecule has 6 rings (SSSR count). The van der Waals surface area contributed by atoms with Gasteiger partial charge in [0.05, 0.1) is 60.6 Å². The van der Waals surface area contributed by atoms with Gasteiger partial charge >= 0.3 is 11.9 Å². The summed E-state index contributed by atoms with van der Waals surface area (Å²) in [6.45, 7) is 2.95. The standard InChI is InChI=1S/C20H22O5.C19H20O5/c1-22-17-5-3-14(4-6-17)11-25-18-7-8-19-15(9-18)12-24-13-16(19)10-20(21)23-2;1-22-16-4-2-13(3-5-16)10-24-17-6-7-18-14(8-17)11-23-12-15(18)9-19(20)21/h3-9,16H,10-13H2,1-2H3;2-8,15H,9-12H2,1H3,(H,20,21). The third kappa shape index (κ3) is 9.98. The Morgan fingerprint density at radius 2 is 1.06 bits per heavy atom. The lowest BCUT2D eigenvalue weighted by Crippen LogP contribution is -2.20. The number of aliphatic carboxylic acids is 1. The Kier molecular flexibility index (Phi) is 12.5. The summed E-state index contributed by atoms with van der Waals surface area (Å²) in [4.78, 5) is 22.5. The molecular weight excluding hydrogens is 628 g/mol. The van der Waals surface area contributed by atoms with Crippen molar-refractivity contribution < 1.29 is 47.9 Å². The van der Waals surface area contributed by atoms with Gasteiger partial charge in [-0.05, 0) is 81.9 Å². The van der Waals surface area contributed by atoms with Crippen molar-refractivity contribution >= 4 is 11.9 Å². The average molecular weight is 671 g/mol. The van der Waals surface area contributed by atoms with Crippen molar-refractivity contribution in [2.24, 2.45) is 0 Å². The number of ether oxygens (including phenoxy) is 7. The van der Waals surface area contributed by atoms with Crippen LogP contribution in [-0.2, 0) is 50.2 Å². The molecule has 0 fully saturated rings. The van der Waals surface area contributed by atoms with E-state index >= 15 is 0 Å². The van der Waals surface area contributed by atoms with Crippen molar-refractivity contribution in [3.8, 4) is 23.0 Å². The molecule has 2 aliphatic heterocycles. The van der Waals surface area contributed by atoms with E-state index in [4.69, 9.17) is 38.3 Å². The first kappa shape index (κ1) is 35.3. The number of carbonyl (C=O) groups is 2. The number of esters is 1. The Morgan fingerprint density at radius 3 is 1.47 bits per heavy atom. The second-order valence-electron chi connectivity index (χ2n) is 11.8. The molecule has 0 aromatic heterocycles. The number of carboxylic acid groups (broad SMARTS) is 1. The molecule has 0 saturated heterocycles. The summed E-state index contributed by atoms with van der Waals surface area (Å²) in [6.07, 6.45) is 0.411. The molecule has 10 heteroatoms. The second kappa shape index (κ2) is 17.4. The van der Waals surface area contributed by atoms with Crippen molar-refractivity contribution in [2.75, 3.05) is 34.5 Å². The van der Waals surface area contributed by atoms with E-state index in [9.17, 15) is 9.59 Å². The first-order valence-electron chi connectivity index (χ1n) is 16.1. The summed E-state index contributed by atoms with van der Waals surface area (Å²) in [6, 6.07) is 27.2. The van der Waals surface area contributed by atoms with Gasteiger partial charge in [0.2, 0.25) is 0 Å². The molecule has 2 aliphatic rings. The Morgan fingerprint density at radius 1 is 0.633 bits per heavy atom. The number of methoxy groups -OCH3 is 3. The van der Waals surface area contributed by atoms with Gasteiger partial charge in [0.15, 0.2) is 0 Å².